The van der Waals surface area contributed by atoms with Gasteiger partial charge in [0.15, 0.2) is 0 Å². The number of ether oxygens (including phenoxy) is 1. The normalized spacial score (nSPS) is 16.3. The van der Waals surface area contributed by atoms with Gasteiger partial charge in [-0.25, -0.2) is 4.98 Å². The second-order valence-corrected chi connectivity index (χ2v) is 7.74. The van der Waals surface area contributed by atoms with Gasteiger partial charge >= 0.3 is 0 Å². The summed E-state index contributed by atoms with van der Waals surface area (Å²) in [7, 11) is 0. The molecule has 1 aliphatic heterocycles. The monoisotopic (exact) mass is 412 g/mol. The highest BCUT2D eigenvalue weighted by Gasteiger charge is 2.35. The molecule has 2 aromatic rings. The molecular weight excluding hydrogens is 394 g/mol. The summed E-state index contributed by atoms with van der Waals surface area (Å²) in [5.41, 5.74) is 0.875. The molecule has 4 nitrogen and oxygen atoms in total. The van der Waals surface area contributed by atoms with Gasteiger partial charge in [-0.3, -0.25) is 4.79 Å². The standard InChI is InChI=1S/C19H19ClF2N2O2S/c20-14-4-1-3-13(11-14)19(6-9-26-10-7-19)12-24-16(25)15-5-2-8-23-17(15)27-18(21)22/h1-5,8,11,18H,6-7,9-10,12H2,(H,24,25). The number of halogens is 3. The summed E-state index contributed by atoms with van der Waals surface area (Å²) in [5.74, 6) is -3.06. The Hall–Kier alpha value is -1.70. The Kier molecular flexibility index (Phi) is 6.68. The van der Waals surface area contributed by atoms with Crippen LogP contribution in [0.5, 0.6) is 0 Å². The number of nitrogens with one attached hydrogen (secondary N) is 1. The molecule has 0 radical (unpaired) electrons. The first-order chi connectivity index (χ1) is 13.0. The predicted octanol–water partition coefficient (Wildman–Crippen LogP) is 4.53. The first-order valence-electron chi connectivity index (χ1n) is 8.52. The Balaban J connectivity index is 1.79. The zero-order valence-corrected chi connectivity index (χ0v) is 16.0. The highest BCUT2D eigenvalue weighted by Crippen LogP contribution is 2.35. The molecule has 1 aromatic carbocycles. The Labute approximate surface area is 165 Å². The van der Waals surface area contributed by atoms with E-state index >= 15 is 0 Å². The average molecular weight is 413 g/mol. The van der Waals surface area contributed by atoms with Crippen molar-refractivity contribution in [2.24, 2.45) is 0 Å². The lowest BCUT2D eigenvalue weighted by molar-refractivity contribution is 0.0487. The molecule has 1 aliphatic rings. The summed E-state index contributed by atoms with van der Waals surface area (Å²) >= 11 is 6.42. The van der Waals surface area contributed by atoms with Crippen LogP contribution >= 0.6 is 23.4 Å². The van der Waals surface area contributed by atoms with Crippen molar-refractivity contribution in [2.45, 2.75) is 29.0 Å². The first-order valence-corrected chi connectivity index (χ1v) is 9.78. The summed E-state index contributed by atoms with van der Waals surface area (Å²) in [5, 5.41) is 3.56. The van der Waals surface area contributed by atoms with Gasteiger partial charge in [-0.05, 0) is 54.4 Å². The van der Waals surface area contributed by atoms with Gasteiger partial charge in [-0.1, -0.05) is 23.7 Å². The highest BCUT2D eigenvalue weighted by atomic mass is 35.5. The fourth-order valence-electron chi connectivity index (χ4n) is 3.23. The molecule has 2 heterocycles. The predicted molar refractivity (Wildman–Crippen MR) is 102 cm³/mol. The number of alkyl halides is 2. The summed E-state index contributed by atoms with van der Waals surface area (Å²) in [6.45, 7) is 1.53. The molecule has 0 unspecified atom stereocenters. The van der Waals surface area contributed by atoms with Crippen molar-refractivity contribution in [3.63, 3.8) is 0 Å². The molecule has 0 saturated carbocycles. The van der Waals surface area contributed by atoms with Gasteiger partial charge in [-0.15, -0.1) is 0 Å². The third-order valence-corrected chi connectivity index (χ3v) is 5.65. The van der Waals surface area contributed by atoms with Crippen molar-refractivity contribution in [2.75, 3.05) is 19.8 Å². The van der Waals surface area contributed by atoms with Crippen molar-refractivity contribution in [3.8, 4) is 0 Å². The van der Waals surface area contributed by atoms with E-state index in [1.165, 1.54) is 12.3 Å². The van der Waals surface area contributed by atoms with E-state index in [-0.39, 0.29) is 27.8 Å². The maximum absolute atomic E-state index is 12.7. The van der Waals surface area contributed by atoms with E-state index in [0.717, 1.165) is 18.4 Å². The summed E-state index contributed by atoms with van der Waals surface area (Å²) < 4.78 is 30.9. The third kappa shape index (κ3) is 4.97. The van der Waals surface area contributed by atoms with Crippen LogP contribution in [0.1, 0.15) is 28.8 Å². The van der Waals surface area contributed by atoms with E-state index in [4.69, 9.17) is 16.3 Å². The molecule has 0 spiro atoms. The first kappa shape index (κ1) is 20.0. The Morgan fingerprint density at radius 3 is 2.78 bits per heavy atom. The number of aromatic nitrogens is 1. The van der Waals surface area contributed by atoms with E-state index in [9.17, 15) is 13.6 Å². The molecular formula is C19H19ClF2N2O2S. The van der Waals surface area contributed by atoms with E-state index < -0.39 is 11.7 Å². The van der Waals surface area contributed by atoms with E-state index in [1.54, 1.807) is 12.1 Å². The number of carbonyl (C=O) groups is 1. The fraction of sp³-hybridized carbons (Fsp3) is 0.368. The van der Waals surface area contributed by atoms with Crippen molar-refractivity contribution in [1.82, 2.24) is 10.3 Å². The molecule has 8 heteroatoms. The van der Waals surface area contributed by atoms with Crippen LogP contribution in [0.15, 0.2) is 47.6 Å². The molecule has 1 aromatic heterocycles. The zero-order valence-electron chi connectivity index (χ0n) is 14.5. The van der Waals surface area contributed by atoms with Crippen LogP contribution in [0.25, 0.3) is 0 Å². The summed E-state index contributed by atoms with van der Waals surface area (Å²) in [6.07, 6.45) is 2.87. The van der Waals surface area contributed by atoms with Crippen molar-refractivity contribution in [1.29, 1.82) is 0 Å². The van der Waals surface area contributed by atoms with E-state index in [2.05, 4.69) is 10.3 Å². The molecule has 1 amide bonds. The molecule has 1 fully saturated rings. The zero-order chi connectivity index (χ0) is 19.3. The minimum atomic E-state index is -2.64. The quantitative estimate of drug-likeness (QED) is 0.708. The largest absolute Gasteiger partial charge is 0.381 e. The van der Waals surface area contributed by atoms with Crippen LogP contribution < -0.4 is 5.32 Å². The van der Waals surface area contributed by atoms with Gasteiger partial charge in [0.25, 0.3) is 11.7 Å². The molecule has 0 bridgehead atoms. The lowest BCUT2D eigenvalue weighted by Gasteiger charge is -2.38. The fourth-order valence-corrected chi connectivity index (χ4v) is 4.00. The van der Waals surface area contributed by atoms with Gasteiger partial charge in [0.1, 0.15) is 5.03 Å². The van der Waals surface area contributed by atoms with Crippen LogP contribution in [-0.2, 0) is 10.2 Å². The third-order valence-electron chi connectivity index (χ3n) is 4.69. The molecule has 1 saturated heterocycles. The topological polar surface area (TPSA) is 51.2 Å². The van der Waals surface area contributed by atoms with Crippen LogP contribution in [0.2, 0.25) is 5.02 Å². The second kappa shape index (κ2) is 8.99. The Morgan fingerprint density at radius 2 is 2.07 bits per heavy atom. The highest BCUT2D eigenvalue weighted by molar-refractivity contribution is 7.99. The summed E-state index contributed by atoms with van der Waals surface area (Å²) in [4.78, 5) is 16.6. The summed E-state index contributed by atoms with van der Waals surface area (Å²) in [6, 6.07) is 10.6. The van der Waals surface area contributed by atoms with Crippen molar-refractivity contribution >= 4 is 29.3 Å². The van der Waals surface area contributed by atoms with Crippen molar-refractivity contribution in [3.05, 3.63) is 58.7 Å². The number of nitrogens with zero attached hydrogens (tertiary/aromatic N) is 1. The minimum absolute atomic E-state index is 0.0220. The SMILES string of the molecule is O=C(NCC1(c2cccc(Cl)c2)CCOCC1)c1cccnc1SC(F)F. The maximum atomic E-state index is 12.7. The number of pyridine rings is 1. The second-order valence-electron chi connectivity index (χ2n) is 6.32. The van der Waals surface area contributed by atoms with E-state index in [0.29, 0.717) is 24.8 Å². The van der Waals surface area contributed by atoms with Crippen LogP contribution in [0.4, 0.5) is 8.78 Å². The van der Waals surface area contributed by atoms with Gasteiger partial charge in [0.2, 0.25) is 0 Å². The molecule has 3 rings (SSSR count). The molecule has 0 aliphatic carbocycles. The van der Waals surface area contributed by atoms with E-state index in [1.807, 2.05) is 18.2 Å². The molecule has 0 atom stereocenters. The van der Waals surface area contributed by atoms with Gasteiger partial charge < -0.3 is 10.1 Å². The number of hydrogen-bond acceptors (Lipinski definition) is 4. The molecule has 144 valence electrons. The van der Waals surface area contributed by atoms with Crippen LogP contribution in [0.3, 0.4) is 0 Å². The van der Waals surface area contributed by atoms with Gasteiger partial charge in [0, 0.05) is 36.4 Å². The number of thioether (sulfide) groups is 1. The molecule has 27 heavy (non-hydrogen) atoms. The van der Waals surface area contributed by atoms with Gasteiger partial charge in [0.05, 0.1) is 5.56 Å². The minimum Gasteiger partial charge on any atom is -0.381 e. The van der Waals surface area contributed by atoms with Crippen molar-refractivity contribution < 1.29 is 18.3 Å². The maximum Gasteiger partial charge on any atom is 0.290 e. The lowest BCUT2D eigenvalue weighted by Crippen LogP contribution is -2.44. The average Bonchev–Trinajstić information content (AvgIpc) is 2.67. The number of rotatable bonds is 6. The molecule has 1 N–H and O–H groups in total. The lowest BCUT2D eigenvalue weighted by atomic mass is 9.74. The smallest absolute Gasteiger partial charge is 0.290 e. The number of carbonyl (C=O) groups excluding carboxylic acids is 1. The Morgan fingerprint density at radius 1 is 1.30 bits per heavy atom. The number of benzene rings is 1. The van der Waals surface area contributed by atoms with Gasteiger partial charge in [-0.2, -0.15) is 8.78 Å². The van der Waals surface area contributed by atoms with Crippen LogP contribution in [-0.4, -0.2) is 36.4 Å². The van der Waals surface area contributed by atoms with Crippen LogP contribution in [0, 0.1) is 0 Å². The number of hydrogen-bond donors (Lipinski definition) is 1. The number of amides is 1. The Bertz CT molecular complexity index is 801.